The van der Waals surface area contributed by atoms with Gasteiger partial charge in [-0.25, -0.2) is 32.5 Å². The van der Waals surface area contributed by atoms with Gasteiger partial charge in [-0.05, 0) is 30.9 Å². The van der Waals surface area contributed by atoms with Gasteiger partial charge in [-0.2, -0.15) is 0 Å². The van der Waals surface area contributed by atoms with Crippen LogP contribution in [-0.4, -0.2) is 43.8 Å². The van der Waals surface area contributed by atoms with E-state index in [0.717, 1.165) is 56.7 Å². The number of anilines is 2. The number of ether oxygens (including phenoxy) is 4. The number of benzene rings is 1. The van der Waals surface area contributed by atoms with Crippen LogP contribution in [0.4, 0.5) is 29.3 Å². The Morgan fingerprint density at radius 3 is 2.41 bits per heavy atom. The highest BCUT2D eigenvalue weighted by Crippen LogP contribution is 2.32. The van der Waals surface area contributed by atoms with Gasteiger partial charge in [0, 0.05) is 11.4 Å². The standard InChI is InChI=1S/C25H22F3N3O7S/c1-35-23(32)20-17(11-39-22(20)24(33)36-2)31-25(34)30-16-7-19(29-8-15(16)27)38-10-13-18(37-9-12-3-4-12)6-5-14(26)21(13)28/h5-8,11-12H,3-4,9-10H2,1-2H3,(H2,29,30,31,34). The first-order valence-electron chi connectivity index (χ1n) is 11.5. The molecule has 1 fully saturated rings. The van der Waals surface area contributed by atoms with Crippen LogP contribution in [0.1, 0.15) is 38.4 Å². The summed E-state index contributed by atoms with van der Waals surface area (Å²) in [5.74, 6) is -4.60. The van der Waals surface area contributed by atoms with Crippen molar-refractivity contribution in [3.05, 3.63) is 63.2 Å². The molecule has 0 atom stereocenters. The van der Waals surface area contributed by atoms with Gasteiger partial charge in [-0.15, -0.1) is 11.3 Å². The predicted octanol–water partition coefficient (Wildman–Crippen LogP) is 5.15. The number of thiophene rings is 1. The fourth-order valence-electron chi connectivity index (χ4n) is 3.35. The Labute approximate surface area is 224 Å². The summed E-state index contributed by atoms with van der Waals surface area (Å²) in [4.78, 5) is 40.3. The zero-order valence-corrected chi connectivity index (χ0v) is 21.5. The second kappa shape index (κ2) is 12.0. The van der Waals surface area contributed by atoms with E-state index in [2.05, 4.69) is 25.1 Å². The number of rotatable bonds is 10. The Balaban J connectivity index is 1.47. The van der Waals surface area contributed by atoms with Crippen molar-refractivity contribution in [1.29, 1.82) is 0 Å². The molecule has 1 aliphatic rings. The van der Waals surface area contributed by atoms with Gasteiger partial charge in [0.2, 0.25) is 5.88 Å². The third kappa shape index (κ3) is 6.57. The SMILES string of the molecule is COC(=O)c1scc(NC(=O)Nc2cc(OCc3c(OCC4CC4)ccc(F)c3F)ncc2F)c1C(=O)OC. The number of methoxy groups -OCH3 is 2. The van der Waals surface area contributed by atoms with Crippen molar-refractivity contribution in [2.75, 3.05) is 31.5 Å². The number of hydrogen-bond donors (Lipinski definition) is 2. The first-order chi connectivity index (χ1) is 18.7. The average Bonchev–Trinajstić information content (AvgIpc) is 3.67. The zero-order valence-electron chi connectivity index (χ0n) is 20.6. The van der Waals surface area contributed by atoms with Crippen LogP contribution in [-0.2, 0) is 16.1 Å². The number of amides is 2. The second-order valence-electron chi connectivity index (χ2n) is 8.30. The van der Waals surface area contributed by atoms with Gasteiger partial charge in [-0.1, -0.05) is 0 Å². The summed E-state index contributed by atoms with van der Waals surface area (Å²) < 4.78 is 63.1. The highest BCUT2D eigenvalue weighted by molar-refractivity contribution is 7.13. The first-order valence-corrected chi connectivity index (χ1v) is 12.3. The molecule has 0 unspecified atom stereocenters. The van der Waals surface area contributed by atoms with Crippen LogP contribution in [0.15, 0.2) is 29.8 Å². The Morgan fingerprint density at radius 1 is 1.00 bits per heavy atom. The van der Waals surface area contributed by atoms with E-state index in [-0.39, 0.29) is 39.0 Å². The van der Waals surface area contributed by atoms with Crippen molar-refractivity contribution in [1.82, 2.24) is 4.98 Å². The molecular weight excluding hydrogens is 543 g/mol. The van der Waals surface area contributed by atoms with E-state index in [4.69, 9.17) is 9.47 Å². The summed E-state index contributed by atoms with van der Waals surface area (Å²) in [6.07, 6.45) is 2.76. The number of nitrogens with one attached hydrogen (secondary N) is 2. The van der Waals surface area contributed by atoms with E-state index < -0.39 is 42.0 Å². The molecule has 14 heteroatoms. The van der Waals surface area contributed by atoms with Gasteiger partial charge in [0.25, 0.3) is 0 Å². The van der Waals surface area contributed by atoms with Crippen molar-refractivity contribution in [2.24, 2.45) is 5.92 Å². The van der Waals surface area contributed by atoms with Crippen LogP contribution in [0, 0.1) is 23.4 Å². The molecule has 2 aromatic heterocycles. The van der Waals surface area contributed by atoms with E-state index >= 15 is 0 Å². The van der Waals surface area contributed by atoms with Crippen LogP contribution < -0.4 is 20.1 Å². The van der Waals surface area contributed by atoms with E-state index in [9.17, 15) is 27.6 Å². The quantitative estimate of drug-likeness (QED) is 0.324. The Bertz CT molecular complexity index is 1410. The van der Waals surface area contributed by atoms with E-state index in [1.807, 2.05) is 0 Å². The maximum Gasteiger partial charge on any atom is 0.349 e. The molecule has 206 valence electrons. The van der Waals surface area contributed by atoms with Crippen molar-refractivity contribution in [2.45, 2.75) is 19.4 Å². The summed E-state index contributed by atoms with van der Waals surface area (Å²) >= 11 is 0.833. The number of aromatic nitrogens is 1. The lowest BCUT2D eigenvalue weighted by molar-refractivity contribution is 0.0561. The minimum atomic E-state index is -1.15. The Hall–Kier alpha value is -4.33. The highest BCUT2D eigenvalue weighted by atomic mass is 32.1. The van der Waals surface area contributed by atoms with Crippen LogP contribution in [0.2, 0.25) is 0 Å². The first kappa shape index (κ1) is 27.7. The molecule has 39 heavy (non-hydrogen) atoms. The summed E-state index contributed by atoms with van der Waals surface area (Å²) in [6, 6.07) is 2.31. The molecule has 1 aliphatic carbocycles. The Kier molecular flexibility index (Phi) is 8.54. The van der Waals surface area contributed by atoms with Crippen molar-refractivity contribution >= 4 is 40.7 Å². The van der Waals surface area contributed by atoms with Crippen LogP contribution >= 0.6 is 11.3 Å². The van der Waals surface area contributed by atoms with Crippen LogP contribution in [0.3, 0.4) is 0 Å². The summed E-state index contributed by atoms with van der Waals surface area (Å²) in [5.41, 5.74) is -0.856. The number of halogens is 3. The fraction of sp³-hybridized carbons (Fsp3) is 0.280. The number of nitrogens with zero attached hydrogens (tertiary/aromatic N) is 1. The highest BCUT2D eigenvalue weighted by Gasteiger charge is 2.27. The molecule has 2 N–H and O–H groups in total. The molecule has 1 saturated carbocycles. The van der Waals surface area contributed by atoms with Crippen molar-refractivity contribution < 1.29 is 46.5 Å². The van der Waals surface area contributed by atoms with E-state index in [1.165, 1.54) is 11.4 Å². The monoisotopic (exact) mass is 565 g/mol. The minimum absolute atomic E-state index is 0.0732. The smallest absolute Gasteiger partial charge is 0.349 e. The molecule has 0 radical (unpaired) electrons. The molecule has 0 aliphatic heterocycles. The molecule has 0 saturated heterocycles. The molecule has 2 amide bonds. The largest absolute Gasteiger partial charge is 0.493 e. The summed E-state index contributed by atoms with van der Waals surface area (Å²) in [6.45, 7) is -0.124. The van der Waals surface area contributed by atoms with Gasteiger partial charge in [0.1, 0.15) is 22.8 Å². The molecule has 3 aromatic rings. The topological polar surface area (TPSA) is 125 Å². The normalized spacial score (nSPS) is 12.4. The molecule has 10 nitrogen and oxygen atoms in total. The second-order valence-corrected chi connectivity index (χ2v) is 9.18. The van der Waals surface area contributed by atoms with Crippen LogP contribution in [0.5, 0.6) is 11.6 Å². The lowest BCUT2D eigenvalue weighted by Gasteiger charge is -2.14. The zero-order chi connectivity index (χ0) is 28.1. The van der Waals surface area contributed by atoms with Gasteiger partial charge >= 0.3 is 18.0 Å². The lowest BCUT2D eigenvalue weighted by atomic mass is 10.2. The van der Waals surface area contributed by atoms with Crippen LogP contribution in [0.25, 0.3) is 0 Å². The third-order valence-corrected chi connectivity index (χ3v) is 6.53. The lowest BCUT2D eigenvalue weighted by Crippen LogP contribution is -2.22. The molecular formula is C25H22F3N3O7S. The fourth-order valence-corrected chi connectivity index (χ4v) is 4.25. The molecule has 0 spiro atoms. The van der Waals surface area contributed by atoms with Gasteiger partial charge in [0.05, 0.1) is 44.0 Å². The van der Waals surface area contributed by atoms with E-state index in [1.54, 1.807) is 0 Å². The van der Waals surface area contributed by atoms with Gasteiger partial charge in [-0.3, -0.25) is 0 Å². The van der Waals surface area contributed by atoms with Crippen molar-refractivity contribution in [3.63, 3.8) is 0 Å². The molecule has 0 bridgehead atoms. The third-order valence-electron chi connectivity index (χ3n) is 5.57. The molecule has 4 rings (SSSR count). The maximum atomic E-state index is 14.5. The number of urea groups is 1. The van der Waals surface area contributed by atoms with Gasteiger partial charge in [0.15, 0.2) is 17.5 Å². The van der Waals surface area contributed by atoms with Crippen molar-refractivity contribution in [3.8, 4) is 11.6 Å². The number of esters is 2. The number of carbonyl (C=O) groups is 3. The molecule has 1 aromatic carbocycles. The predicted molar refractivity (Wildman–Crippen MR) is 133 cm³/mol. The molecule has 2 heterocycles. The van der Waals surface area contributed by atoms with Gasteiger partial charge < -0.3 is 29.6 Å². The number of pyridine rings is 1. The Morgan fingerprint density at radius 2 is 1.72 bits per heavy atom. The van der Waals surface area contributed by atoms with E-state index in [0.29, 0.717) is 12.5 Å². The summed E-state index contributed by atoms with van der Waals surface area (Å²) in [5, 5.41) is 5.89. The number of carbonyl (C=O) groups excluding carboxylic acids is 3. The maximum absolute atomic E-state index is 14.5. The average molecular weight is 566 g/mol. The number of hydrogen-bond acceptors (Lipinski definition) is 9. The minimum Gasteiger partial charge on any atom is -0.493 e. The summed E-state index contributed by atoms with van der Waals surface area (Å²) in [7, 11) is 2.22.